The van der Waals surface area contributed by atoms with E-state index in [-0.39, 0.29) is 11.7 Å². The number of hydrogen-bond acceptors (Lipinski definition) is 5. The van der Waals surface area contributed by atoms with Gasteiger partial charge in [0.05, 0.1) is 12.2 Å². The van der Waals surface area contributed by atoms with Crippen LogP contribution in [0.3, 0.4) is 0 Å². The van der Waals surface area contributed by atoms with E-state index in [0.29, 0.717) is 29.2 Å². The molecule has 0 saturated heterocycles. The lowest BCUT2D eigenvalue weighted by Crippen LogP contribution is -2.12. The molecule has 1 aromatic heterocycles. The minimum absolute atomic E-state index is 0.0533. The largest absolute Gasteiger partial charge is 0.494 e. The Morgan fingerprint density at radius 2 is 1.75 bits per heavy atom. The molecule has 142 valence electrons. The van der Waals surface area contributed by atoms with E-state index < -0.39 is 0 Å². The predicted molar refractivity (Wildman–Crippen MR) is 110 cm³/mol. The maximum Gasteiger partial charge on any atom is 0.257 e. The fourth-order valence-corrected chi connectivity index (χ4v) is 2.57. The van der Waals surface area contributed by atoms with E-state index in [4.69, 9.17) is 4.74 Å². The maximum atomic E-state index is 12.4. The summed E-state index contributed by atoms with van der Waals surface area (Å²) < 4.78 is 5.42. The molecule has 0 fully saturated rings. The number of aromatic nitrogens is 1. The highest BCUT2D eigenvalue weighted by molar-refractivity contribution is 6.05. The van der Waals surface area contributed by atoms with Crippen LogP contribution in [0.1, 0.15) is 34.6 Å². The molecule has 0 aliphatic rings. The van der Waals surface area contributed by atoms with Crippen molar-refractivity contribution in [3.05, 3.63) is 78.0 Å². The van der Waals surface area contributed by atoms with E-state index in [9.17, 15) is 9.59 Å². The number of pyridine rings is 1. The van der Waals surface area contributed by atoms with Gasteiger partial charge in [-0.15, -0.1) is 0 Å². The molecule has 2 aromatic carbocycles. The lowest BCUT2D eigenvalue weighted by Gasteiger charge is -2.09. The molecule has 0 aliphatic carbocycles. The van der Waals surface area contributed by atoms with Crippen LogP contribution in [0.4, 0.5) is 17.2 Å². The number of carbonyl (C=O) groups is 2. The Morgan fingerprint density at radius 1 is 0.964 bits per heavy atom. The summed E-state index contributed by atoms with van der Waals surface area (Å²) >= 11 is 0. The van der Waals surface area contributed by atoms with E-state index in [1.807, 2.05) is 31.2 Å². The van der Waals surface area contributed by atoms with Crippen LogP contribution in [-0.4, -0.2) is 23.3 Å². The highest BCUT2D eigenvalue weighted by Gasteiger charge is 2.08. The number of nitrogens with zero attached hydrogens (tertiary/aromatic N) is 1. The van der Waals surface area contributed by atoms with E-state index in [1.54, 1.807) is 36.4 Å². The normalized spacial score (nSPS) is 10.2. The van der Waals surface area contributed by atoms with Crippen molar-refractivity contribution >= 4 is 28.9 Å². The van der Waals surface area contributed by atoms with Crippen molar-refractivity contribution in [2.45, 2.75) is 13.8 Å². The Bertz CT molecular complexity index is 967. The number of amides is 1. The lowest BCUT2D eigenvalue weighted by atomic mass is 10.1. The highest BCUT2D eigenvalue weighted by Crippen LogP contribution is 2.19. The number of nitrogens with one attached hydrogen (secondary N) is 2. The fraction of sp³-hybridized carbons (Fsp3) is 0.136. The van der Waals surface area contributed by atoms with Gasteiger partial charge in [-0.2, -0.15) is 0 Å². The molecular formula is C22H21N3O3. The van der Waals surface area contributed by atoms with Crippen LogP contribution in [-0.2, 0) is 0 Å². The van der Waals surface area contributed by atoms with Crippen LogP contribution < -0.4 is 15.4 Å². The summed E-state index contributed by atoms with van der Waals surface area (Å²) in [6.07, 6.45) is 1.50. The van der Waals surface area contributed by atoms with Crippen LogP contribution in [0.2, 0.25) is 0 Å². The molecule has 0 spiro atoms. The van der Waals surface area contributed by atoms with Crippen molar-refractivity contribution in [2.24, 2.45) is 0 Å². The number of Topliss-reactive ketones (excluding diaryl/α,β-unsaturated/α-hetero) is 1. The van der Waals surface area contributed by atoms with Gasteiger partial charge in [0.2, 0.25) is 0 Å². The number of ether oxygens (including phenoxy) is 1. The maximum absolute atomic E-state index is 12.4. The summed E-state index contributed by atoms with van der Waals surface area (Å²) in [6, 6.07) is 17.8. The Labute approximate surface area is 163 Å². The van der Waals surface area contributed by atoms with Crippen LogP contribution in [0, 0.1) is 0 Å². The van der Waals surface area contributed by atoms with Crippen molar-refractivity contribution in [3.8, 4) is 5.75 Å². The average Bonchev–Trinajstić information content (AvgIpc) is 2.70. The number of rotatable bonds is 7. The molecule has 0 unspecified atom stereocenters. The molecule has 0 bridgehead atoms. The van der Waals surface area contributed by atoms with Crippen molar-refractivity contribution < 1.29 is 14.3 Å². The van der Waals surface area contributed by atoms with Gasteiger partial charge in [-0.25, -0.2) is 4.98 Å². The molecular weight excluding hydrogens is 354 g/mol. The Hall–Kier alpha value is -3.67. The molecule has 6 nitrogen and oxygen atoms in total. The topological polar surface area (TPSA) is 80.3 Å². The second-order valence-electron chi connectivity index (χ2n) is 6.11. The quantitative estimate of drug-likeness (QED) is 0.586. The molecule has 28 heavy (non-hydrogen) atoms. The van der Waals surface area contributed by atoms with Gasteiger partial charge in [0.25, 0.3) is 5.91 Å². The fourth-order valence-electron chi connectivity index (χ4n) is 2.57. The minimum atomic E-state index is -0.291. The zero-order chi connectivity index (χ0) is 19.9. The Balaban J connectivity index is 1.64. The molecule has 3 rings (SSSR count). The second-order valence-corrected chi connectivity index (χ2v) is 6.11. The van der Waals surface area contributed by atoms with Crippen LogP contribution in [0.5, 0.6) is 5.75 Å². The Kier molecular flexibility index (Phi) is 6.01. The third-order valence-electron chi connectivity index (χ3n) is 3.99. The van der Waals surface area contributed by atoms with Crippen molar-refractivity contribution in [2.75, 3.05) is 17.2 Å². The lowest BCUT2D eigenvalue weighted by molar-refractivity contribution is 0.101. The van der Waals surface area contributed by atoms with Gasteiger partial charge >= 0.3 is 0 Å². The average molecular weight is 375 g/mol. The van der Waals surface area contributed by atoms with Gasteiger partial charge < -0.3 is 15.4 Å². The number of ketones is 1. The summed E-state index contributed by atoms with van der Waals surface area (Å²) in [7, 11) is 0. The SMILES string of the molecule is CCOc1ccc(Nc2ccc(C(=O)Nc3cccc(C(C)=O)c3)cn2)cc1. The van der Waals surface area contributed by atoms with Crippen molar-refractivity contribution in [1.82, 2.24) is 4.98 Å². The second kappa shape index (κ2) is 8.81. The molecule has 6 heteroatoms. The molecule has 0 aliphatic heterocycles. The molecule has 1 amide bonds. The summed E-state index contributed by atoms with van der Waals surface area (Å²) in [4.78, 5) is 28.1. The third-order valence-corrected chi connectivity index (χ3v) is 3.99. The zero-order valence-electron chi connectivity index (χ0n) is 15.7. The predicted octanol–water partition coefficient (Wildman–Crippen LogP) is 4.68. The number of benzene rings is 2. The molecule has 3 aromatic rings. The van der Waals surface area contributed by atoms with Gasteiger partial charge in [-0.1, -0.05) is 12.1 Å². The summed E-state index contributed by atoms with van der Waals surface area (Å²) in [5, 5.41) is 5.95. The first kappa shape index (κ1) is 19.1. The van der Waals surface area contributed by atoms with Crippen molar-refractivity contribution in [3.63, 3.8) is 0 Å². The first-order chi connectivity index (χ1) is 13.5. The van der Waals surface area contributed by atoms with E-state index >= 15 is 0 Å². The highest BCUT2D eigenvalue weighted by atomic mass is 16.5. The summed E-state index contributed by atoms with van der Waals surface area (Å²) in [5.41, 5.74) is 2.40. The van der Waals surface area contributed by atoms with Gasteiger partial charge in [0, 0.05) is 23.1 Å². The van der Waals surface area contributed by atoms with E-state index in [1.165, 1.54) is 13.1 Å². The smallest absolute Gasteiger partial charge is 0.257 e. The van der Waals surface area contributed by atoms with Gasteiger partial charge in [-0.3, -0.25) is 9.59 Å². The zero-order valence-corrected chi connectivity index (χ0v) is 15.7. The Morgan fingerprint density at radius 3 is 2.39 bits per heavy atom. The molecule has 0 saturated carbocycles. The summed E-state index contributed by atoms with van der Waals surface area (Å²) in [5.74, 6) is 1.09. The number of anilines is 3. The van der Waals surface area contributed by atoms with E-state index in [0.717, 1.165) is 11.4 Å². The molecule has 2 N–H and O–H groups in total. The summed E-state index contributed by atoms with van der Waals surface area (Å²) in [6.45, 7) is 4.05. The first-order valence-corrected chi connectivity index (χ1v) is 8.93. The molecule has 0 radical (unpaired) electrons. The minimum Gasteiger partial charge on any atom is -0.494 e. The first-order valence-electron chi connectivity index (χ1n) is 8.93. The molecule has 0 atom stereocenters. The van der Waals surface area contributed by atoms with Gasteiger partial charge in [0.15, 0.2) is 5.78 Å². The monoisotopic (exact) mass is 375 g/mol. The molecule has 1 heterocycles. The van der Waals surface area contributed by atoms with E-state index in [2.05, 4.69) is 15.6 Å². The third kappa shape index (κ3) is 4.94. The van der Waals surface area contributed by atoms with Crippen LogP contribution in [0.25, 0.3) is 0 Å². The van der Waals surface area contributed by atoms with Crippen LogP contribution in [0.15, 0.2) is 66.9 Å². The number of carbonyl (C=O) groups excluding carboxylic acids is 2. The van der Waals surface area contributed by atoms with Crippen molar-refractivity contribution in [1.29, 1.82) is 0 Å². The standard InChI is InChI=1S/C22H21N3O3/c1-3-28-20-10-8-18(9-11-20)24-21-12-7-17(14-23-21)22(27)25-19-6-4-5-16(13-19)15(2)26/h4-14H,3H2,1-2H3,(H,23,24)(H,25,27). The van der Waals surface area contributed by atoms with Crippen LogP contribution >= 0.6 is 0 Å². The number of hydrogen-bond donors (Lipinski definition) is 2. The van der Waals surface area contributed by atoms with Gasteiger partial charge in [-0.05, 0) is 62.4 Å². The van der Waals surface area contributed by atoms with Gasteiger partial charge in [0.1, 0.15) is 11.6 Å².